The highest BCUT2D eigenvalue weighted by Crippen LogP contribution is 2.25. The van der Waals surface area contributed by atoms with Gasteiger partial charge in [-0.05, 0) is 44.1 Å². The van der Waals surface area contributed by atoms with Crippen molar-refractivity contribution >= 4 is 5.78 Å². The van der Waals surface area contributed by atoms with Crippen molar-refractivity contribution in [3.63, 3.8) is 0 Å². The third kappa shape index (κ3) is 2.71. The molecule has 0 aromatic rings. The lowest BCUT2D eigenvalue weighted by atomic mass is 10.00. The lowest BCUT2D eigenvalue weighted by molar-refractivity contribution is -0.125. The van der Waals surface area contributed by atoms with Gasteiger partial charge in [-0.1, -0.05) is 12.5 Å². The minimum Gasteiger partial charge on any atom is -0.366 e. The molecule has 2 unspecified atom stereocenters. The highest BCUT2D eigenvalue weighted by molar-refractivity contribution is 5.98. The first kappa shape index (κ1) is 11.8. The third-order valence-corrected chi connectivity index (χ3v) is 3.52. The number of carbonyl (C=O) groups excluding carboxylic acids is 1. The Labute approximate surface area is 97.0 Å². The molecule has 0 radical (unpaired) electrons. The van der Waals surface area contributed by atoms with Gasteiger partial charge in [0.2, 0.25) is 0 Å². The van der Waals surface area contributed by atoms with E-state index in [1.165, 1.54) is 12.8 Å². The quantitative estimate of drug-likeness (QED) is 0.795. The summed E-state index contributed by atoms with van der Waals surface area (Å²) in [6.45, 7) is 0.531. The number of allylic oxidation sites excluding steroid dienone is 1. The molecule has 90 valence electrons. The standard InChI is InChI=1S/C13H21NO2/c14-9-11-7-8-12(16-11)13(15)10-5-3-1-2-4-6-10/h5,11-12H,1-4,6-9,14H2. The number of ketones is 1. The number of carbonyl (C=O) groups is 1. The molecule has 1 aliphatic carbocycles. The predicted octanol–water partition coefficient (Wildman–Crippen LogP) is 1.95. The Morgan fingerprint density at radius 1 is 1.38 bits per heavy atom. The summed E-state index contributed by atoms with van der Waals surface area (Å²) in [5.41, 5.74) is 6.55. The van der Waals surface area contributed by atoms with Crippen molar-refractivity contribution in [2.45, 2.75) is 57.2 Å². The molecular formula is C13H21NO2. The van der Waals surface area contributed by atoms with Gasteiger partial charge in [-0.25, -0.2) is 0 Å². The lowest BCUT2D eigenvalue weighted by Crippen LogP contribution is -2.26. The highest BCUT2D eigenvalue weighted by Gasteiger charge is 2.31. The number of Topliss-reactive ketones (excluding diaryl/α,β-unsaturated/α-hetero) is 1. The van der Waals surface area contributed by atoms with Crippen LogP contribution in [0, 0.1) is 0 Å². The summed E-state index contributed by atoms with van der Waals surface area (Å²) < 4.78 is 5.65. The Morgan fingerprint density at radius 3 is 3.00 bits per heavy atom. The molecule has 1 heterocycles. The van der Waals surface area contributed by atoms with E-state index < -0.39 is 0 Å². The van der Waals surface area contributed by atoms with Crippen LogP contribution in [0.25, 0.3) is 0 Å². The van der Waals surface area contributed by atoms with Gasteiger partial charge in [0.25, 0.3) is 0 Å². The molecule has 2 rings (SSSR count). The molecule has 2 aliphatic rings. The maximum atomic E-state index is 12.2. The molecule has 0 amide bonds. The molecule has 0 bridgehead atoms. The van der Waals surface area contributed by atoms with Crippen LogP contribution in [0.5, 0.6) is 0 Å². The van der Waals surface area contributed by atoms with Gasteiger partial charge in [0, 0.05) is 6.54 Å². The highest BCUT2D eigenvalue weighted by atomic mass is 16.5. The van der Waals surface area contributed by atoms with Crippen molar-refractivity contribution in [1.29, 1.82) is 0 Å². The van der Waals surface area contributed by atoms with E-state index in [0.29, 0.717) is 6.54 Å². The monoisotopic (exact) mass is 223 g/mol. The van der Waals surface area contributed by atoms with Crippen molar-refractivity contribution in [3.8, 4) is 0 Å². The van der Waals surface area contributed by atoms with Gasteiger partial charge in [-0.3, -0.25) is 4.79 Å². The second-order valence-corrected chi connectivity index (χ2v) is 4.75. The van der Waals surface area contributed by atoms with Crippen LogP contribution >= 0.6 is 0 Å². The Morgan fingerprint density at radius 2 is 2.25 bits per heavy atom. The molecule has 2 atom stereocenters. The van der Waals surface area contributed by atoms with Crippen LogP contribution in [0.4, 0.5) is 0 Å². The van der Waals surface area contributed by atoms with Crippen molar-refractivity contribution in [2.75, 3.05) is 6.54 Å². The largest absolute Gasteiger partial charge is 0.366 e. The maximum Gasteiger partial charge on any atom is 0.187 e. The number of rotatable bonds is 3. The number of hydrogen-bond acceptors (Lipinski definition) is 3. The van der Waals surface area contributed by atoms with Crippen LogP contribution in [0.2, 0.25) is 0 Å². The summed E-state index contributed by atoms with van der Waals surface area (Å²) in [6.07, 6.45) is 9.37. The summed E-state index contributed by atoms with van der Waals surface area (Å²) in [6, 6.07) is 0. The van der Waals surface area contributed by atoms with E-state index in [-0.39, 0.29) is 18.0 Å². The maximum absolute atomic E-state index is 12.2. The van der Waals surface area contributed by atoms with Gasteiger partial charge in [0.15, 0.2) is 5.78 Å². The molecule has 1 saturated heterocycles. The summed E-state index contributed by atoms with van der Waals surface area (Å²) >= 11 is 0. The van der Waals surface area contributed by atoms with E-state index >= 15 is 0 Å². The Hall–Kier alpha value is -0.670. The van der Waals surface area contributed by atoms with Crippen LogP contribution in [-0.4, -0.2) is 24.5 Å². The zero-order chi connectivity index (χ0) is 11.4. The zero-order valence-corrected chi connectivity index (χ0v) is 9.78. The van der Waals surface area contributed by atoms with E-state index in [2.05, 4.69) is 6.08 Å². The van der Waals surface area contributed by atoms with E-state index in [4.69, 9.17) is 10.5 Å². The van der Waals surface area contributed by atoms with Crippen molar-refractivity contribution < 1.29 is 9.53 Å². The molecule has 0 aromatic carbocycles. The van der Waals surface area contributed by atoms with E-state index in [1.807, 2.05) is 0 Å². The van der Waals surface area contributed by atoms with Gasteiger partial charge < -0.3 is 10.5 Å². The Kier molecular flexibility index (Phi) is 4.13. The fraction of sp³-hybridized carbons (Fsp3) is 0.769. The average molecular weight is 223 g/mol. The summed E-state index contributed by atoms with van der Waals surface area (Å²) in [4.78, 5) is 12.2. The first-order valence-electron chi connectivity index (χ1n) is 6.40. The van der Waals surface area contributed by atoms with Crippen LogP contribution in [0.15, 0.2) is 11.6 Å². The zero-order valence-electron chi connectivity index (χ0n) is 9.78. The van der Waals surface area contributed by atoms with Crippen LogP contribution in [0.1, 0.15) is 44.9 Å². The Bertz CT molecular complexity index is 286. The normalized spacial score (nSPS) is 30.9. The number of nitrogens with two attached hydrogens (primary N) is 1. The smallest absolute Gasteiger partial charge is 0.187 e. The van der Waals surface area contributed by atoms with E-state index in [9.17, 15) is 4.79 Å². The topological polar surface area (TPSA) is 52.3 Å². The van der Waals surface area contributed by atoms with Gasteiger partial charge in [-0.2, -0.15) is 0 Å². The third-order valence-electron chi connectivity index (χ3n) is 3.52. The van der Waals surface area contributed by atoms with Gasteiger partial charge in [-0.15, -0.1) is 0 Å². The van der Waals surface area contributed by atoms with Gasteiger partial charge in [0.1, 0.15) is 6.10 Å². The summed E-state index contributed by atoms with van der Waals surface area (Å²) in [5.74, 6) is 0.220. The Balaban J connectivity index is 1.94. The van der Waals surface area contributed by atoms with Crippen LogP contribution < -0.4 is 5.73 Å². The van der Waals surface area contributed by atoms with Crippen LogP contribution in [0.3, 0.4) is 0 Å². The van der Waals surface area contributed by atoms with Crippen molar-refractivity contribution in [1.82, 2.24) is 0 Å². The molecule has 0 spiro atoms. The molecule has 0 aromatic heterocycles. The minimum absolute atomic E-state index is 0.0975. The molecule has 0 saturated carbocycles. The molecule has 16 heavy (non-hydrogen) atoms. The SMILES string of the molecule is NCC1CCC(C(=O)C2=CCCCCC2)O1. The molecule has 3 nitrogen and oxygen atoms in total. The summed E-state index contributed by atoms with van der Waals surface area (Å²) in [5, 5.41) is 0. The molecule has 3 heteroatoms. The molecular weight excluding hydrogens is 202 g/mol. The number of ether oxygens (including phenoxy) is 1. The van der Waals surface area contributed by atoms with Gasteiger partial charge >= 0.3 is 0 Å². The molecule has 1 aliphatic heterocycles. The number of hydrogen-bond donors (Lipinski definition) is 1. The first-order chi connectivity index (χ1) is 7.81. The van der Waals surface area contributed by atoms with E-state index in [0.717, 1.165) is 37.7 Å². The second kappa shape index (κ2) is 5.60. The predicted molar refractivity (Wildman–Crippen MR) is 63.1 cm³/mol. The molecule has 1 fully saturated rings. The van der Waals surface area contributed by atoms with Crippen molar-refractivity contribution in [2.24, 2.45) is 5.73 Å². The van der Waals surface area contributed by atoms with E-state index in [1.54, 1.807) is 0 Å². The van der Waals surface area contributed by atoms with Crippen LogP contribution in [-0.2, 0) is 9.53 Å². The second-order valence-electron chi connectivity index (χ2n) is 4.75. The first-order valence-corrected chi connectivity index (χ1v) is 6.40. The minimum atomic E-state index is -0.210. The molecule has 2 N–H and O–H groups in total. The van der Waals surface area contributed by atoms with Crippen molar-refractivity contribution in [3.05, 3.63) is 11.6 Å². The van der Waals surface area contributed by atoms with Gasteiger partial charge in [0.05, 0.1) is 6.10 Å². The summed E-state index contributed by atoms with van der Waals surface area (Å²) in [7, 11) is 0. The fourth-order valence-corrected chi connectivity index (χ4v) is 2.52. The lowest BCUT2D eigenvalue weighted by Gasteiger charge is -2.13. The fourth-order valence-electron chi connectivity index (χ4n) is 2.52. The average Bonchev–Trinajstić information content (AvgIpc) is 2.62.